The summed E-state index contributed by atoms with van der Waals surface area (Å²) in [5.74, 6) is 1.95. The van der Waals surface area contributed by atoms with Crippen molar-refractivity contribution in [2.75, 3.05) is 19.6 Å². The van der Waals surface area contributed by atoms with E-state index in [1.54, 1.807) is 0 Å². The molecule has 0 bridgehead atoms. The van der Waals surface area contributed by atoms with Crippen LogP contribution in [0.4, 0.5) is 0 Å². The van der Waals surface area contributed by atoms with Gasteiger partial charge in [0.05, 0.1) is 0 Å². The molecule has 130 valence electrons. The Bertz CT molecular complexity index is 648. The lowest BCUT2D eigenvalue weighted by atomic mass is 9.82. The molecule has 1 aromatic carbocycles. The van der Waals surface area contributed by atoms with E-state index in [2.05, 4.69) is 28.9 Å². The van der Waals surface area contributed by atoms with E-state index in [1.807, 2.05) is 37.3 Å². The molecule has 0 radical (unpaired) electrons. The van der Waals surface area contributed by atoms with Crippen LogP contribution in [0.25, 0.3) is 0 Å². The number of piperidine rings is 1. The molecule has 0 saturated carbocycles. The van der Waals surface area contributed by atoms with Crippen molar-refractivity contribution in [1.29, 1.82) is 0 Å². The number of likely N-dealkylation sites (tertiary alicyclic amines) is 1. The Morgan fingerprint density at radius 2 is 1.92 bits per heavy atom. The summed E-state index contributed by atoms with van der Waals surface area (Å²) in [6.45, 7) is 8.55. The van der Waals surface area contributed by atoms with Crippen LogP contribution in [0, 0.1) is 12.8 Å². The largest absolute Gasteiger partial charge is 0.384 e. The normalized spacial score (nSPS) is 19.5. The van der Waals surface area contributed by atoms with Gasteiger partial charge in [0.15, 0.2) is 5.82 Å². The summed E-state index contributed by atoms with van der Waals surface area (Å²) in [4.78, 5) is 6.72. The summed E-state index contributed by atoms with van der Waals surface area (Å²) in [6.07, 6.45) is 1.98. The molecule has 1 fully saturated rings. The van der Waals surface area contributed by atoms with Gasteiger partial charge in [-0.3, -0.25) is 0 Å². The standard InChI is InChI=1S/C19H27N3O2/c1-14(2)19(23,17-7-5-4-6-8-17)13-22-11-9-16(10-12-22)18-20-15(3)21-24-18/h4-8,14,16,23H,9-13H2,1-3H3. The van der Waals surface area contributed by atoms with E-state index in [9.17, 15) is 5.11 Å². The number of hydrogen-bond donors (Lipinski definition) is 1. The SMILES string of the molecule is Cc1noc(C2CCN(CC(O)(c3ccccc3)C(C)C)CC2)n1. The fraction of sp³-hybridized carbons (Fsp3) is 0.579. The quantitative estimate of drug-likeness (QED) is 0.913. The Balaban J connectivity index is 1.65. The summed E-state index contributed by atoms with van der Waals surface area (Å²) in [5.41, 5.74) is 0.171. The predicted molar refractivity (Wildman–Crippen MR) is 92.6 cm³/mol. The Morgan fingerprint density at radius 3 is 2.46 bits per heavy atom. The fourth-order valence-corrected chi connectivity index (χ4v) is 3.49. The third-order valence-corrected chi connectivity index (χ3v) is 5.17. The van der Waals surface area contributed by atoms with Gasteiger partial charge < -0.3 is 14.5 Å². The van der Waals surface area contributed by atoms with Gasteiger partial charge in [-0.2, -0.15) is 4.98 Å². The van der Waals surface area contributed by atoms with Gasteiger partial charge in [-0.05, 0) is 44.3 Å². The molecule has 5 heteroatoms. The zero-order chi connectivity index (χ0) is 17.2. The van der Waals surface area contributed by atoms with Crippen LogP contribution >= 0.6 is 0 Å². The molecule has 1 N–H and O–H groups in total. The zero-order valence-electron chi connectivity index (χ0n) is 14.8. The van der Waals surface area contributed by atoms with Crippen molar-refractivity contribution >= 4 is 0 Å². The van der Waals surface area contributed by atoms with Gasteiger partial charge in [-0.1, -0.05) is 49.3 Å². The number of benzene rings is 1. The lowest BCUT2D eigenvalue weighted by Gasteiger charge is -2.40. The smallest absolute Gasteiger partial charge is 0.229 e. The lowest BCUT2D eigenvalue weighted by molar-refractivity contribution is -0.0453. The fourth-order valence-electron chi connectivity index (χ4n) is 3.49. The van der Waals surface area contributed by atoms with Gasteiger partial charge in [0.2, 0.25) is 5.89 Å². The van der Waals surface area contributed by atoms with E-state index in [4.69, 9.17) is 4.52 Å². The number of aromatic nitrogens is 2. The number of aryl methyl sites for hydroxylation is 1. The Labute approximate surface area is 143 Å². The number of nitrogens with zero attached hydrogens (tertiary/aromatic N) is 3. The monoisotopic (exact) mass is 329 g/mol. The van der Waals surface area contributed by atoms with E-state index in [-0.39, 0.29) is 5.92 Å². The van der Waals surface area contributed by atoms with Gasteiger partial charge in [-0.15, -0.1) is 0 Å². The van der Waals surface area contributed by atoms with Crippen LogP contribution in [0.2, 0.25) is 0 Å². The van der Waals surface area contributed by atoms with Gasteiger partial charge in [0.25, 0.3) is 0 Å². The minimum Gasteiger partial charge on any atom is -0.384 e. The average molecular weight is 329 g/mol. The molecule has 1 unspecified atom stereocenters. The highest BCUT2D eigenvalue weighted by atomic mass is 16.5. The van der Waals surface area contributed by atoms with Crippen molar-refractivity contribution < 1.29 is 9.63 Å². The van der Waals surface area contributed by atoms with Gasteiger partial charge in [0, 0.05) is 12.5 Å². The molecular formula is C19H27N3O2. The summed E-state index contributed by atoms with van der Waals surface area (Å²) >= 11 is 0. The number of rotatable bonds is 5. The number of β-amino-alcohol motifs (C(OH)–C–C–N with tert-alkyl or cyclic N) is 1. The molecule has 2 aromatic rings. The van der Waals surface area contributed by atoms with Crippen molar-refractivity contribution in [3.05, 3.63) is 47.6 Å². The highest BCUT2D eigenvalue weighted by Gasteiger charge is 2.36. The van der Waals surface area contributed by atoms with Crippen LogP contribution in [0.5, 0.6) is 0 Å². The molecule has 1 saturated heterocycles. The first-order chi connectivity index (χ1) is 11.5. The van der Waals surface area contributed by atoms with Crippen molar-refractivity contribution in [3.63, 3.8) is 0 Å². The molecule has 1 aliphatic heterocycles. The molecule has 24 heavy (non-hydrogen) atoms. The molecule has 3 rings (SSSR count). The summed E-state index contributed by atoms with van der Waals surface area (Å²) in [5, 5.41) is 15.2. The minimum atomic E-state index is -0.824. The Kier molecular flexibility index (Phi) is 5.01. The summed E-state index contributed by atoms with van der Waals surface area (Å²) < 4.78 is 5.32. The highest BCUT2D eigenvalue weighted by molar-refractivity contribution is 5.23. The van der Waals surface area contributed by atoms with Crippen molar-refractivity contribution in [2.45, 2.75) is 45.1 Å². The Hall–Kier alpha value is -1.72. The Morgan fingerprint density at radius 1 is 1.25 bits per heavy atom. The lowest BCUT2D eigenvalue weighted by Crippen LogP contribution is -2.47. The van der Waals surface area contributed by atoms with Gasteiger partial charge in [-0.25, -0.2) is 0 Å². The minimum absolute atomic E-state index is 0.149. The maximum atomic E-state index is 11.3. The second-order valence-electron chi connectivity index (χ2n) is 7.18. The van der Waals surface area contributed by atoms with E-state index in [1.165, 1.54) is 0 Å². The van der Waals surface area contributed by atoms with Crippen molar-refractivity contribution in [2.24, 2.45) is 5.92 Å². The van der Waals surface area contributed by atoms with Gasteiger partial charge in [0.1, 0.15) is 5.60 Å². The zero-order valence-corrected chi connectivity index (χ0v) is 14.8. The maximum Gasteiger partial charge on any atom is 0.229 e. The van der Waals surface area contributed by atoms with Crippen molar-refractivity contribution in [1.82, 2.24) is 15.0 Å². The topological polar surface area (TPSA) is 62.4 Å². The third kappa shape index (κ3) is 3.52. The second kappa shape index (κ2) is 7.03. The van der Waals surface area contributed by atoms with Crippen LogP contribution in [0.3, 0.4) is 0 Å². The molecule has 2 heterocycles. The van der Waals surface area contributed by atoms with Crippen molar-refractivity contribution in [3.8, 4) is 0 Å². The molecule has 1 atom stereocenters. The molecule has 1 aromatic heterocycles. The molecule has 0 amide bonds. The van der Waals surface area contributed by atoms with E-state index >= 15 is 0 Å². The van der Waals surface area contributed by atoms with E-state index in [0.29, 0.717) is 18.3 Å². The molecule has 5 nitrogen and oxygen atoms in total. The predicted octanol–water partition coefficient (Wildman–Crippen LogP) is 3.10. The maximum absolute atomic E-state index is 11.3. The first-order valence-corrected chi connectivity index (χ1v) is 8.79. The first-order valence-electron chi connectivity index (χ1n) is 8.79. The average Bonchev–Trinajstić information content (AvgIpc) is 3.02. The van der Waals surface area contributed by atoms with Crippen LogP contribution in [0.1, 0.15) is 49.9 Å². The summed E-state index contributed by atoms with van der Waals surface area (Å²) in [7, 11) is 0. The third-order valence-electron chi connectivity index (χ3n) is 5.17. The molecular weight excluding hydrogens is 302 g/mol. The van der Waals surface area contributed by atoms with Gasteiger partial charge >= 0.3 is 0 Å². The second-order valence-corrected chi connectivity index (χ2v) is 7.18. The molecule has 0 spiro atoms. The van der Waals surface area contributed by atoms with Crippen LogP contribution < -0.4 is 0 Å². The number of aliphatic hydroxyl groups is 1. The first kappa shape index (κ1) is 17.1. The molecule has 1 aliphatic rings. The highest BCUT2D eigenvalue weighted by Crippen LogP contribution is 2.33. The van der Waals surface area contributed by atoms with E-state index < -0.39 is 5.60 Å². The van der Waals surface area contributed by atoms with E-state index in [0.717, 1.165) is 37.4 Å². The molecule has 0 aliphatic carbocycles. The van der Waals surface area contributed by atoms with Crippen LogP contribution in [0.15, 0.2) is 34.9 Å². The van der Waals surface area contributed by atoms with Crippen LogP contribution in [-0.4, -0.2) is 39.8 Å². The summed E-state index contributed by atoms with van der Waals surface area (Å²) in [6, 6.07) is 10.0. The number of hydrogen-bond acceptors (Lipinski definition) is 5. The van der Waals surface area contributed by atoms with Crippen LogP contribution in [-0.2, 0) is 5.60 Å².